The van der Waals surface area contributed by atoms with Gasteiger partial charge in [-0.05, 0) is 49.8 Å². The van der Waals surface area contributed by atoms with Crippen molar-refractivity contribution >= 4 is 27.7 Å². The van der Waals surface area contributed by atoms with E-state index in [4.69, 9.17) is 0 Å². The predicted molar refractivity (Wildman–Crippen MR) is 88.3 cm³/mol. The van der Waals surface area contributed by atoms with Crippen molar-refractivity contribution in [2.75, 3.05) is 0 Å². The molecule has 0 aromatic heterocycles. The van der Waals surface area contributed by atoms with E-state index in [0.29, 0.717) is 0 Å². The van der Waals surface area contributed by atoms with Crippen molar-refractivity contribution in [2.45, 2.75) is 51.1 Å². The summed E-state index contributed by atoms with van der Waals surface area (Å²) in [5, 5.41) is 5.90. The number of rotatable bonds is 4. The molecule has 0 saturated heterocycles. The lowest BCUT2D eigenvalue weighted by Crippen LogP contribution is -2.48. The highest BCUT2D eigenvalue weighted by Gasteiger charge is 2.30. The average molecular weight is 365 g/mol. The van der Waals surface area contributed by atoms with Crippen LogP contribution in [0.2, 0.25) is 0 Å². The van der Waals surface area contributed by atoms with Crippen molar-refractivity contribution < 1.29 is 9.59 Å². The number of hydrogen-bond acceptors (Lipinski definition) is 2. The molecule has 0 bridgehead atoms. The van der Waals surface area contributed by atoms with Crippen LogP contribution in [0.4, 0.5) is 0 Å². The Balaban J connectivity index is 1.58. The van der Waals surface area contributed by atoms with Crippen LogP contribution in [0, 0.1) is 5.92 Å². The van der Waals surface area contributed by atoms with E-state index in [0.717, 1.165) is 36.6 Å². The zero-order valence-electron chi connectivity index (χ0n) is 12.7. The topological polar surface area (TPSA) is 58.2 Å². The minimum Gasteiger partial charge on any atom is -0.348 e. The first-order valence-electron chi connectivity index (χ1n) is 7.94. The van der Waals surface area contributed by atoms with Crippen molar-refractivity contribution in [3.8, 4) is 0 Å². The monoisotopic (exact) mass is 364 g/mol. The molecule has 3 rings (SSSR count). The average Bonchev–Trinajstić information content (AvgIpc) is 2.81. The first kappa shape index (κ1) is 15.5. The summed E-state index contributed by atoms with van der Waals surface area (Å²) < 4.78 is 1.10. The molecule has 118 valence electrons. The minimum atomic E-state index is -0.482. The summed E-state index contributed by atoms with van der Waals surface area (Å²) in [5.74, 6) is 0.0207. The molecule has 2 aliphatic rings. The molecule has 1 aromatic carbocycles. The van der Waals surface area contributed by atoms with Crippen molar-refractivity contribution in [3.05, 3.63) is 33.8 Å². The minimum absolute atomic E-state index is 0.0171. The molecular weight excluding hydrogens is 344 g/mol. The Morgan fingerprint density at radius 2 is 2.05 bits per heavy atom. The summed E-state index contributed by atoms with van der Waals surface area (Å²) in [7, 11) is 0. The number of amides is 2. The fourth-order valence-electron chi connectivity index (χ4n) is 3.12. The van der Waals surface area contributed by atoms with Gasteiger partial charge in [0.2, 0.25) is 11.8 Å². The van der Waals surface area contributed by atoms with Crippen LogP contribution in [0.3, 0.4) is 0 Å². The molecule has 2 N–H and O–H groups in total. The Morgan fingerprint density at radius 1 is 1.27 bits per heavy atom. The van der Waals surface area contributed by atoms with Gasteiger partial charge in [0.25, 0.3) is 0 Å². The van der Waals surface area contributed by atoms with Gasteiger partial charge in [0.15, 0.2) is 0 Å². The van der Waals surface area contributed by atoms with Gasteiger partial charge in [0, 0.05) is 10.4 Å². The molecule has 0 unspecified atom stereocenters. The van der Waals surface area contributed by atoms with Crippen LogP contribution in [0.25, 0.3) is 0 Å². The van der Waals surface area contributed by atoms with E-state index in [1.54, 1.807) is 6.92 Å². The highest BCUT2D eigenvalue weighted by atomic mass is 79.9. The third kappa shape index (κ3) is 3.05. The molecule has 2 atom stereocenters. The predicted octanol–water partition coefficient (Wildman–Crippen LogP) is 2.86. The molecule has 2 aliphatic carbocycles. The van der Waals surface area contributed by atoms with Crippen molar-refractivity contribution in [1.29, 1.82) is 0 Å². The van der Waals surface area contributed by atoms with Crippen LogP contribution in [0.5, 0.6) is 0 Å². The zero-order valence-corrected chi connectivity index (χ0v) is 14.3. The van der Waals surface area contributed by atoms with Crippen LogP contribution < -0.4 is 10.6 Å². The fourth-order valence-corrected chi connectivity index (χ4v) is 3.70. The van der Waals surface area contributed by atoms with Gasteiger partial charge in [-0.1, -0.05) is 34.5 Å². The van der Waals surface area contributed by atoms with E-state index in [2.05, 4.69) is 32.6 Å². The Kier molecular flexibility index (Phi) is 4.52. The third-order valence-corrected chi connectivity index (χ3v) is 5.50. The summed E-state index contributed by atoms with van der Waals surface area (Å²) in [4.78, 5) is 24.2. The largest absolute Gasteiger partial charge is 0.348 e. The number of benzene rings is 1. The lowest BCUT2D eigenvalue weighted by Gasteiger charge is -2.26. The van der Waals surface area contributed by atoms with E-state index in [-0.39, 0.29) is 23.8 Å². The van der Waals surface area contributed by atoms with Crippen molar-refractivity contribution in [1.82, 2.24) is 10.6 Å². The van der Waals surface area contributed by atoms with Gasteiger partial charge in [-0.15, -0.1) is 0 Å². The second-order valence-electron chi connectivity index (χ2n) is 6.27. The summed E-state index contributed by atoms with van der Waals surface area (Å²) in [6.07, 6.45) is 4.89. The molecule has 5 heteroatoms. The number of hydrogen-bond donors (Lipinski definition) is 2. The third-order valence-electron chi connectivity index (χ3n) is 4.76. The molecule has 1 aromatic rings. The lowest BCUT2D eigenvalue weighted by atomic mass is 9.84. The van der Waals surface area contributed by atoms with Gasteiger partial charge in [-0.3, -0.25) is 9.59 Å². The number of carbonyl (C=O) groups is 2. The Labute approximate surface area is 139 Å². The lowest BCUT2D eigenvalue weighted by molar-refractivity contribution is -0.132. The van der Waals surface area contributed by atoms with E-state index in [1.165, 1.54) is 11.1 Å². The molecule has 0 aliphatic heterocycles. The van der Waals surface area contributed by atoms with Crippen molar-refractivity contribution in [2.24, 2.45) is 5.92 Å². The number of nitrogens with one attached hydrogen (secondary N) is 2. The fraction of sp³-hybridized carbons (Fsp3) is 0.529. The maximum atomic E-state index is 12.3. The van der Waals surface area contributed by atoms with Gasteiger partial charge >= 0.3 is 0 Å². The smallest absolute Gasteiger partial charge is 0.242 e. The molecular formula is C17H21BrN2O2. The maximum absolute atomic E-state index is 12.3. The van der Waals surface area contributed by atoms with Crippen LogP contribution >= 0.6 is 15.9 Å². The molecule has 4 nitrogen and oxygen atoms in total. The summed E-state index contributed by atoms with van der Waals surface area (Å²) in [5.41, 5.74) is 2.46. The first-order valence-corrected chi connectivity index (χ1v) is 8.73. The van der Waals surface area contributed by atoms with Crippen LogP contribution in [0.1, 0.15) is 49.8 Å². The second kappa shape index (κ2) is 6.41. The van der Waals surface area contributed by atoms with E-state index < -0.39 is 6.04 Å². The molecule has 1 saturated carbocycles. The first-order chi connectivity index (χ1) is 10.6. The van der Waals surface area contributed by atoms with Crippen LogP contribution in [-0.2, 0) is 16.0 Å². The molecule has 0 heterocycles. The molecule has 1 fully saturated rings. The van der Waals surface area contributed by atoms with E-state index in [9.17, 15) is 9.59 Å². The Morgan fingerprint density at radius 3 is 2.73 bits per heavy atom. The Hall–Kier alpha value is -1.36. The van der Waals surface area contributed by atoms with E-state index in [1.807, 2.05) is 12.1 Å². The SMILES string of the molecule is C[C@@H](NC(=O)C1CCC1)C(=O)N[C@@H]1CCc2c(Br)cccc21. The number of carbonyl (C=O) groups excluding carboxylic acids is 2. The van der Waals surface area contributed by atoms with Crippen LogP contribution in [0.15, 0.2) is 22.7 Å². The standard InChI is InChI=1S/C17H21BrN2O2/c1-10(19-17(22)11-4-2-5-11)16(21)20-15-9-8-12-13(15)6-3-7-14(12)18/h3,6-7,10-11,15H,2,4-5,8-9H2,1H3,(H,19,22)(H,20,21)/t10-,15-/m1/s1. The summed E-state index contributed by atoms with van der Waals surface area (Å²) >= 11 is 3.56. The quantitative estimate of drug-likeness (QED) is 0.862. The van der Waals surface area contributed by atoms with Gasteiger partial charge in [0.1, 0.15) is 6.04 Å². The van der Waals surface area contributed by atoms with Gasteiger partial charge in [0.05, 0.1) is 6.04 Å². The molecule has 0 radical (unpaired) electrons. The molecule has 0 spiro atoms. The van der Waals surface area contributed by atoms with Gasteiger partial charge in [-0.2, -0.15) is 0 Å². The summed E-state index contributed by atoms with van der Waals surface area (Å²) in [6, 6.07) is 5.65. The van der Waals surface area contributed by atoms with Crippen LogP contribution in [-0.4, -0.2) is 17.9 Å². The molecule has 22 heavy (non-hydrogen) atoms. The van der Waals surface area contributed by atoms with Gasteiger partial charge in [-0.25, -0.2) is 0 Å². The highest BCUT2D eigenvalue weighted by Crippen LogP contribution is 2.35. The van der Waals surface area contributed by atoms with Gasteiger partial charge < -0.3 is 10.6 Å². The number of halogens is 1. The molecule has 2 amide bonds. The normalized spacial score (nSPS) is 21.6. The number of fused-ring (bicyclic) bond motifs is 1. The highest BCUT2D eigenvalue weighted by molar-refractivity contribution is 9.10. The summed E-state index contributed by atoms with van der Waals surface area (Å²) in [6.45, 7) is 1.75. The second-order valence-corrected chi connectivity index (χ2v) is 7.12. The Bertz CT molecular complexity index is 598. The maximum Gasteiger partial charge on any atom is 0.242 e. The zero-order chi connectivity index (χ0) is 15.7. The van der Waals surface area contributed by atoms with Crippen molar-refractivity contribution in [3.63, 3.8) is 0 Å². The van der Waals surface area contributed by atoms with E-state index >= 15 is 0 Å².